The second-order valence-electron chi connectivity index (χ2n) is 2.48. The number of hydrogen-bond acceptors (Lipinski definition) is 3. The van der Waals surface area contributed by atoms with Crippen molar-refractivity contribution in [1.82, 2.24) is 14.9 Å². The van der Waals surface area contributed by atoms with Crippen molar-refractivity contribution in [3.8, 4) is 0 Å². The van der Waals surface area contributed by atoms with Gasteiger partial charge in [0.2, 0.25) is 0 Å². The van der Waals surface area contributed by atoms with E-state index in [0.29, 0.717) is 0 Å². The highest BCUT2D eigenvalue weighted by atomic mass is 16.2. The van der Waals surface area contributed by atoms with Crippen LogP contribution in [0.5, 0.6) is 0 Å². The molecule has 2 aromatic rings. The van der Waals surface area contributed by atoms with Gasteiger partial charge in [0.25, 0.3) is 0 Å². The average molecular weight is 176 g/mol. The van der Waals surface area contributed by atoms with Crippen LogP contribution in [0.25, 0.3) is 0 Å². The molecule has 0 radical (unpaired) electrons. The first kappa shape index (κ1) is 7.60. The first-order chi connectivity index (χ1) is 6.36. The molecule has 0 aliphatic carbocycles. The number of H-pyrrole nitrogens is 1. The van der Waals surface area contributed by atoms with Crippen molar-refractivity contribution >= 4 is 5.69 Å². The summed E-state index contributed by atoms with van der Waals surface area (Å²) in [6.07, 6.45) is 1.33. The van der Waals surface area contributed by atoms with E-state index >= 15 is 0 Å². The van der Waals surface area contributed by atoms with Crippen LogP contribution in [0.4, 0.5) is 5.69 Å². The first-order valence-electron chi connectivity index (χ1n) is 3.81. The molecule has 2 N–H and O–H groups in total. The molecule has 0 saturated carbocycles. The van der Waals surface area contributed by atoms with Gasteiger partial charge < -0.3 is 0 Å². The third-order valence-electron chi connectivity index (χ3n) is 1.56. The summed E-state index contributed by atoms with van der Waals surface area (Å²) in [5.74, 6) is 0. The van der Waals surface area contributed by atoms with Crippen LogP contribution in [0, 0.1) is 0 Å². The monoisotopic (exact) mass is 176 g/mol. The Morgan fingerprint density at radius 2 is 2.08 bits per heavy atom. The smallest absolute Gasteiger partial charge is 0.294 e. The number of nitrogens with one attached hydrogen (secondary N) is 2. The second kappa shape index (κ2) is 3.14. The van der Waals surface area contributed by atoms with Crippen molar-refractivity contribution in [2.24, 2.45) is 0 Å². The van der Waals surface area contributed by atoms with Crippen molar-refractivity contribution in [3.05, 3.63) is 47.1 Å². The van der Waals surface area contributed by atoms with Crippen molar-refractivity contribution in [3.63, 3.8) is 0 Å². The van der Waals surface area contributed by atoms with Crippen LogP contribution in [-0.4, -0.2) is 14.9 Å². The molecule has 1 aromatic carbocycles. The molecule has 0 fully saturated rings. The van der Waals surface area contributed by atoms with Crippen LogP contribution >= 0.6 is 0 Å². The molecule has 0 atom stereocenters. The van der Waals surface area contributed by atoms with E-state index in [4.69, 9.17) is 0 Å². The van der Waals surface area contributed by atoms with Crippen LogP contribution in [0.15, 0.2) is 41.5 Å². The summed E-state index contributed by atoms with van der Waals surface area (Å²) in [5, 5.41) is 3.75. The summed E-state index contributed by atoms with van der Waals surface area (Å²) in [5.41, 5.74) is 3.34. The van der Waals surface area contributed by atoms with Crippen LogP contribution in [0.3, 0.4) is 0 Å². The maximum absolute atomic E-state index is 11.0. The zero-order chi connectivity index (χ0) is 9.10. The van der Waals surface area contributed by atoms with Crippen molar-refractivity contribution in [1.29, 1.82) is 0 Å². The molecule has 1 aromatic heterocycles. The number of aromatic nitrogens is 3. The van der Waals surface area contributed by atoms with Crippen molar-refractivity contribution < 1.29 is 0 Å². The molecule has 5 heteroatoms. The van der Waals surface area contributed by atoms with Crippen molar-refractivity contribution in [2.45, 2.75) is 0 Å². The lowest BCUT2D eigenvalue weighted by Crippen LogP contribution is -2.24. The molecule has 66 valence electrons. The van der Waals surface area contributed by atoms with Crippen LogP contribution in [0.2, 0.25) is 0 Å². The molecule has 13 heavy (non-hydrogen) atoms. The highest BCUT2D eigenvalue weighted by molar-refractivity contribution is 5.41. The highest BCUT2D eigenvalue weighted by Gasteiger charge is 1.95. The summed E-state index contributed by atoms with van der Waals surface area (Å²) in [4.78, 5) is 14.6. The molecule has 0 aliphatic rings. The molecule has 1 heterocycles. The van der Waals surface area contributed by atoms with Crippen molar-refractivity contribution in [2.75, 3.05) is 5.43 Å². The van der Waals surface area contributed by atoms with Crippen LogP contribution in [0.1, 0.15) is 0 Å². The topological polar surface area (TPSA) is 62.7 Å². The zero-order valence-electron chi connectivity index (χ0n) is 6.77. The van der Waals surface area contributed by atoms with E-state index in [1.54, 1.807) is 0 Å². The van der Waals surface area contributed by atoms with Gasteiger partial charge in [0.1, 0.15) is 6.33 Å². The SMILES string of the molecule is O=c1[nH]cnn1Nc1ccccc1. The summed E-state index contributed by atoms with van der Waals surface area (Å²) >= 11 is 0. The van der Waals surface area contributed by atoms with E-state index in [-0.39, 0.29) is 5.69 Å². The molecular formula is C8H8N4O. The van der Waals surface area contributed by atoms with Gasteiger partial charge in [-0.05, 0) is 12.1 Å². The number of aromatic amines is 1. The Morgan fingerprint density at radius 3 is 2.69 bits per heavy atom. The Bertz CT molecular complexity index is 431. The van der Waals surface area contributed by atoms with E-state index < -0.39 is 0 Å². The van der Waals surface area contributed by atoms with E-state index in [0.717, 1.165) is 10.5 Å². The van der Waals surface area contributed by atoms with E-state index in [2.05, 4.69) is 15.5 Å². The Morgan fingerprint density at radius 1 is 1.31 bits per heavy atom. The van der Waals surface area contributed by atoms with Gasteiger partial charge >= 0.3 is 5.69 Å². The fraction of sp³-hybridized carbons (Fsp3) is 0. The fourth-order valence-corrected chi connectivity index (χ4v) is 0.970. The molecule has 0 spiro atoms. The minimum atomic E-state index is -0.288. The van der Waals surface area contributed by atoms with Gasteiger partial charge in [-0.25, -0.2) is 4.79 Å². The van der Waals surface area contributed by atoms with Gasteiger partial charge in [0, 0.05) is 0 Å². The normalized spacial score (nSPS) is 9.85. The maximum atomic E-state index is 11.0. The number of para-hydroxylation sites is 1. The molecule has 0 bridgehead atoms. The Labute approximate surface area is 74.0 Å². The van der Waals surface area contributed by atoms with Gasteiger partial charge in [-0.3, -0.25) is 10.4 Å². The predicted molar refractivity (Wildman–Crippen MR) is 48.3 cm³/mol. The van der Waals surface area contributed by atoms with Crippen LogP contribution < -0.4 is 11.1 Å². The highest BCUT2D eigenvalue weighted by Crippen LogP contribution is 2.03. The number of rotatable bonds is 2. The van der Waals surface area contributed by atoms with Crippen LogP contribution in [-0.2, 0) is 0 Å². The van der Waals surface area contributed by atoms with E-state index in [9.17, 15) is 4.79 Å². The number of hydrogen-bond donors (Lipinski definition) is 2. The summed E-state index contributed by atoms with van der Waals surface area (Å²) in [6.45, 7) is 0. The Balaban J connectivity index is 2.25. The summed E-state index contributed by atoms with van der Waals surface area (Å²) in [6, 6.07) is 9.35. The van der Waals surface area contributed by atoms with Gasteiger partial charge in [-0.15, -0.1) is 9.89 Å². The Kier molecular flexibility index (Phi) is 1.84. The Hall–Kier alpha value is -2.04. The standard InChI is InChI=1S/C8H8N4O/c13-8-9-6-10-12(8)11-7-4-2-1-3-5-7/h1-6,11H,(H,9,10,13). The number of nitrogens with zero attached hydrogens (tertiary/aromatic N) is 2. The average Bonchev–Trinajstić information content (AvgIpc) is 2.54. The zero-order valence-corrected chi connectivity index (χ0v) is 6.77. The summed E-state index contributed by atoms with van der Waals surface area (Å²) < 4.78 is 0. The lowest BCUT2D eigenvalue weighted by atomic mass is 10.3. The molecule has 0 amide bonds. The first-order valence-corrected chi connectivity index (χ1v) is 3.81. The largest absolute Gasteiger partial charge is 0.362 e. The minimum absolute atomic E-state index is 0.288. The van der Waals surface area contributed by atoms with Gasteiger partial charge in [0.15, 0.2) is 0 Å². The van der Waals surface area contributed by atoms with Gasteiger partial charge in [-0.2, -0.15) is 0 Å². The summed E-state index contributed by atoms with van der Waals surface area (Å²) in [7, 11) is 0. The number of anilines is 1. The number of benzene rings is 1. The predicted octanol–water partition coefficient (Wildman–Crippen LogP) is 0.447. The fourth-order valence-electron chi connectivity index (χ4n) is 0.970. The van der Waals surface area contributed by atoms with Gasteiger partial charge in [-0.1, -0.05) is 18.2 Å². The molecule has 5 nitrogen and oxygen atoms in total. The molecule has 0 unspecified atom stereocenters. The molecule has 0 saturated heterocycles. The third kappa shape index (κ3) is 1.58. The van der Waals surface area contributed by atoms with E-state index in [1.165, 1.54) is 6.33 Å². The lowest BCUT2D eigenvalue weighted by molar-refractivity contribution is 0.769. The molecule has 2 rings (SSSR count). The van der Waals surface area contributed by atoms with E-state index in [1.807, 2.05) is 30.3 Å². The quantitative estimate of drug-likeness (QED) is 0.698. The second-order valence-corrected chi connectivity index (χ2v) is 2.48. The molecular weight excluding hydrogens is 168 g/mol. The third-order valence-corrected chi connectivity index (χ3v) is 1.56. The maximum Gasteiger partial charge on any atom is 0.362 e. The molecule has 0 aliphatic heterocycles. The minimum Gasteiger partial charge on any atom is -0.294 e. The van der Waals surface area contributed by atoms with Gasteiger partial charge in [0.05, 0.1) is 5.69 Å². The lowest BCUT2D eigenvalue weighted by Gasteiger charge is -2.02.